The van der Waals surface area contributed by atoms with Crippen molar-refractivity contribution in [1.82, 2.24) is 46.2 Å². The zero-order valence-corrected chi connectivity index (χ0v) is 60.1. The average molecular weight is 1350 g/mol. The number of carbonyl (C=O) groups excluding carboxylic acids is 11. The summed E-state index contributed by atoms with van der Waals surface area (Å²) in [5.41, 5.74) is 5.99. The summed E-state index contributed by atoms with van der Waals surface area (Å²) in [4.78, 5) is 157. The number of hydrogen-bond donors (Lipinski definition) is 7. The summed E-state index contributed by atoms with van der Waals surface area (Å²) in [6.45, 7) is 18.0. The van der Waals surface area contributed by atoms with Gasteiger partial charge in [0.15, 0.2) is 5.78 Å². The van der Waals surface area contributed by atoms with Gasteiger partial charge in [0.1, 0.15) is 17.2 Å². The summed E-state index contributed by atoms with van der Waals surface area (Å²) < 4.78 is 12.2. The Morgan fingerprint density at radius 2 is 1.34 bits per heavy atom. The molecule has 0 bridgehead atoms. The number of urea groups is 1. The molecule has 2 aromatic carbocycles. The number of benzene rings is 2. The number of ketones is 2. The lowest BCUT2D eigenvalue weighted by molar-refractivity contribution is -0.148. The molecule has 0 aliphatic carbocycles. The molecule has 2 fully saturated rings. The predicted molar refractivity (Wildman–Crippen MR) is 369 cm³/mol. The second kappa shape index (κ2) is 39.5. The van der Waals surface area contributed by atoms with Crippen molar-refractivity contribution in [2.45, 2.75) is 195 Å². The van der Waals surface area contributed by atoms with Crippen molar-refractivity contribution in [3.63, 3.8) is 0 Å². The second-order valence-electron chi connectivity index (χ2n) is 27.7. The standard InChI is InChI=1S/C72H112N12O13/c1-16-47(8)64(82(13)69(93)62(45(4)5)80-68(92)63(46(6)7)81(11)12)57(96-14)41-60(89)84-35-21-25-54(84)65(97-15)48(9)55(85)40-52(38-49-22-18-17-19-23-49)66(90)77-42-50-26-28-53(29-27-50)78-67(91)51(24-20-34-76-71(74)95)39-56(86)61(44(2)3)79-58(87)30-31-59(88)83-36-32-72(43-73,33-37-83)70(94)75-10/h17-19,22-23,26-29,44-48,51-52,54,57,61-65H,16,20-21,24-25,30-42H2,1-15H3,(H,75,94)(H,77,90)(H,78,91)(H,79,87)(H,80,92)(H3,74,76,95)/t47-,48-,51+,52+,54-,57+,61-,62-,63-,64-,65+/m0/s1. The molecule has 11 atom stereocenters. The molecule has 97 heavy (non-hydrogen) atoms. The van der Waals surface area contributed by atoms with Crippen molar-refractivity contribution in [3.05, 3.63) is 65.7 Å². The van der Waals surface area contributed by atoms with Crippen LogP contribution in [-0.2, 0) is 70.4 Å². The summed E-state index contributed by atoms with van der Waals surface area (Å²) in [6.07, 6.45) is 0.742. The molecule has 25 heteroatoms. The number of primary amides is 1. The molecule has 2 aliphatic rings. The Kier molecular flexibility index (Phi) is 33.3. The van der Waals surface area contributed by atoms with E-state index < -0.39 is 95.1 Å². The lowest BCUT2D eigenvalue weighted by Crippen LogP contribution is -2.59. The number of nitrogens with two attached hydrogens (primary N) is 1. The smallest absolute Gasteiger partial charge is 0.312 e. The molecule has 2 saturated heterocycles. The van der Waals surface area contributed by atoms with E-state index in [9.17, 15) is 58.0 Å². The number of piperidine rings is 1. The van der Waals surface area contributed by atoms with E-state index in [1.165, 1.54) is 26.2 Å². The number of nitrogens with zero attached hydrogens (tertiary/aromatic N) is 5. The quantitative estimate of drug-likeness (QED) is 0.0405. The van der Waals surface area contributed by atoms with E-state index >= 15 is 0 Å². The van der Waals surface area contributed by atoms with Crippen LogP contribution >= 0.6 is 0 Å². The van der Waals surface area contributed by atoms with Crippen LogP contribution < -0.4 is 37.6 Å². The van der Waals surface area contributed by atoms with Crippen LogP contribution in [0, 0.1) is 58.2 Å². The molecule has 2 aromatic rings. The molecule has 4 rings (SSSR count). The lowest BCUT2D eigenvalue weighted by Gasteiger charge is -2.41. The number of methoxy groups -OCH3 is 2. The molecule has 0 unspecified atom stereocenters. The van der Waals surface area contributed by atoms with Crippen molar-refractivity contribution in [1.29, 1.82) is 5.26 Å². The van der Waals surface area contributed by atoms with Crippen LogP contribution in [0.5, 0.6) is 0 Å². The predicted octanol–water partition coefficient (Wildman–Crippen LogP) is 5.53. The number of ether oxygens (including phenoxy) is 2. The number of carbonyl (C=O) groups is 11. The van der Waals surface area contributed by atoms with Crippen molar-refractivity contribution in [2.24, 2.45) is 52.6 Å². The van der Waals surface area contributed by atoms with Crippen molar-refractivity contribution in [2.75, 3.05) is 73.9 Å². The fraction of sp³-hybridized carbons (Fsp3) is 0.667. The van der Waals surface area contributed by atoms with E-state index in [0.717, 1.165) is 5.56 Å². The summed E-state index contributed by atoms with van der Waals surface area (Å²) in [5, 5.41) is 26.4. The lowest BCUT2D eigenvalue weighted by atomic mass is 9.79. The van der Waals surface area contributed by atoms with E-state index in [4.69, 9.17) is 15.2 Å². The van der Waals surface area contributed by atoms with Gasteiger partial charge in [-0.15, -0.1) is 0 Å². The SMILES string of the molecule is CC[C@H](C)[C@@H]([C@@H](CC(=O)N1CCC[C@H]1[C@H](OC)[C@@H](C)C(=O)C[C@@H](Cc1ccccc1)C(=O)NCc1ccc(NC(=O)[C@H](CCCNC(N)=O)CC(=O)[C@@H](NC(=O)CCC(=O)N2CCC(C#N)(C(=O)NC)CC2)C(C)C)cc1)OC)N(C)C(=O)[C@@H](NC(=O)[C@H](C(C)C)N(C)C)C(C)C. The third-order valence-electron chi connectivity index (χ3n) is 19.5. The van der Waals surface area contributed by atoms with Crippen LogP contribution in [0.1, 0.15) is 150 Å². The Bertz CT molecular complexity index is 2990. The molecule has 0 saturated carbocycles. The molecule has 2 heterocycles. The highest BCUT2D eigenvalue weighted by molar-refractivity contribution is 5.98. The Morgan fingerprint density at radius 3 is 1.89 bits per heavy atom. The van der Waals surface area contributed by atoms with Gasteiger partial charge in [0.05, 0.1) is 48.9 Å². The van der Waals surface area contributed by atoms with Crippen LogP contribution in [0.25, 0.3) is 0 Å². The summed E-state index contributed by atoms with van der Waals surface area (Å²) in [5.74, 6) is -6.59. The molecular weight excluding hydrogens is 1240 g/mol. The molecule has 8 N–H and O–H groups in total. The first-order valence-electron chi connectivity index (χ1n) is 34.5. The fourth-order valence-corrected chi connectivity index (χ4v) is 13.6. The van der Waals surface area contributed by atoms with Gasteiger partial charge >= 0.3 is 6.03 Å². The number of likely N-dealkylation sites (tertiary alicyclic amines) is 2. The van der Waals surface area contributed by atoms with Crippen molar-refractivity contribution < 1.29 is 62.2 Å². The highest BCUT2D eigenvalue weighted by atomic mass is 16.5. The molecule has 538 valence electrons. The maximum Gasteiger partial charge on any atom is 0.312 e. The zero-order valence-electron chi connectivity index (χ0n) is 60.1. The number of amides is 10. The minimum atomic E-state index is -1.23. The normalized spacial score (nSPS) is 17.6. The number of nitriles is 1. The van der Waals surface area contributed by atoms with Gasteiger partial charge in [0.25, 0.3) is 0 Å². The largest absolute Gasteiger partial charge is 0.379 e. The number of anilines is 1. The monoisotopic (exact) mass is 1350 g/mol. The second-order valence-corrected chi connectivity index (χ2v) is 27.7. The van der Waals surface area contributed by atoms with E-state index in [0.29, 0.717) is 43.5 Å². The number of Topliss-reactive ketones (excluding diaryl/α,β-unsaturated/α-hetero) is 2. The molecular formula is C72H112N12O13. The van der Waals surface area contributed by atoms with Crippen LogP contribution in [0.2, 0.25) is 0 Å². The van der Waals surface area contributed by atoms with E-state index in [2.05, 4.69) is 38.0 Å². The average Bonchev–Trinajstić information content (AvgIpc) is 1.71. The number of likely N-dealkylation sites (N-methyl/N-ethyl adjacent to an activating group) is 2. The first-order valence-corrected chi connectivity index (χ1v) is 34.5. The van der Waals surface area contributed by atoms with Gasteiger partial charge in [-0.3, -0.25) is 52.8 Å². The third-order valence-corrected chi connectivity index (χ3v) is 19.5. The Hall–Kier alpha value is -7.82. The van der Waals surface area contributed by atoms with Gasteiger partial charge < -0.3 is 61.8 Å². The summed E-state index contributed by atoms with van der Waals surface area (Å²) >= 11 is 0. The first-order chi connectivity index (χ1) is 45.9. The molecule has 2 aliphatic heterocycles. The minimum absolute atomic E-state index is 0.00487. The number of nitrogens with one attached hydrogen (secondary N) is 6. The highest BCUT2D eigenvalue weighted by Crippen LogP contribution is 2.33. The maximum absolute atomic E-state index is 14.7. The van der Waals surface area contributed by atoms with Gasteiger partial charge in [0.2, 0.25) is 47.3 Å². The third kappa shape index (κ3) is 23.7. The zero-order chi connectivity index (χ0) is 72.4. The van der Waals surface area contributed by atoms with Gasteiger partial charge in [-0.05, 0) is 106 Å². The molecule has 0 radical (unpaired) electrons. The van der Waals surface area contributed by atoms with E-state index in [-0.39, 0.29) is 143 Å². The topological polar surface area (TPSA) is 341 Å². The highest BCUT2D eigenvalue weighted by Gasteiger charge is 2.45. The molecule has 25 nitrogen and oxygen atoms in total. The molecule has 0 aromatic heterocycles. The summed E-state index contributed by atoms with van der Waals surface area (Å²) in [7, 11) is 9.89. The van der Waals surface area contributed by atoms with E-state index in [1.54, 1.807) is 61.9 Å². The minimum Gasteiger partial charge on any atom is -0.379 e. The maximum atomic E-state index is 14.7. The van der Waals surface area contributed by atoms with Crippen LogP contribution in [0.15, 0.2) is 54.6 Å². The fourth-order valence-electron chi connectivity index (χ4n) is 13.6. The summed E-state index contributed by atoms with van der Waals surface area (Å²) in [6, 6.07) is 14.2. The number of hydrogen-bond acceptors (Lipinski definition) is 15. The Morgan fingerprint density at radius 1 is 0.711 bits per heavy atom. The van der Waals surface area contributed by atoms with E-state index in [1.807, 2.05) is 90.9 Å². The Labute approximate surface area is 574 Å². The molecule has 0 spiro atoms. The molecule has 10 amide bonds. The van der Waals surface area contributed by atoms with Crippen LogP contribution in [0.4, 0.5) is 10.5 Å². The Balaban J connectivity index is 1.43. The van der Waals surface area contributed by atoms with Crippen LogP contribution in [-0.4, -0.2) is 195 Å². The van der Waals surface area contributed by atoms with Crippen molar-refractivity contribution in [3.8, 4) is 6.07 Å². The van der Waals surface area contributed by atoms with Gasteiger partial charge in [-0.2, -0.15) is 5.26 Å². The van der Waals surface area contributed by atoms with Gasteiger partial charge in [-0.25, -0.2) is 4.79 Å². The van der Waals surface area contributed by atoms with Gasteiger partial charge in [-0.1, -0.05) is 111 Å². The van der Waals surface area contributed by atoms with Crippen LogP contribution in [0.3, 0.4) is 0 Å². The number of rotatable bonds is 39. The first kappa shape index (κ1) is 81.6. The van der Waals surface area contributed by atoms with Crippen molar-refractivity contribution >= 4 is 70.5 Å². The van der Waals surface area contributed by atoms with Gasteiger partial charge in [0, 0.05) is 110 Å².